The minimum Gasteiger partial charge on any atom is -0.463 e. The summed E-state index contributed by atoms with van der Waals surface area (Å²) in [6, 6.07) is 5.30. The lowest BCUT2D eigenvalue weighted by Crippen LogP contribution is -2.26. The highest BCUT2D eigenvalue weighted by atomic mass is 19.2. The average molecular weight is 320 g/mol. The molecule has 1 aromatic rings. The van der Waals surface area contributed by atoms with Gasteiger partial charge in [0, 0.05) is 5.56 Å². The van der Waals surface area contributed by atoms with Gasteiger partial charge in [0.05, 0.1) is 18.1 Å². The third kappa shape index (κ3) is 2.88. The zero-order chi connectivity index (χ0) is 17.1. The van der Waals surface area contributed by atoms with Crippen molar-refractivity contribution >= 4 is 5.97 Å². The number of carbonyl (C=O) groups excluding carboxylic acids is 1. The Balaban J connectivity index is 2.69. The summed E-state index contributed by atoms with van der Waals surface area (Å²) in [7, 11) is 0. The first-order valence-corrected chi connectivity index (χ1v) is 6.81. The Morgan fingerprint density at radius 3 is 2.78 bits per heavy atom. The Bertz CT molecular complexity index is 763. The molecule has 0 aromatic heterocycles. The molecule has 1 unspecified atom stereocenters. The second-order valence-corrected chi connectivity index (χ2v) is 4.76. The second kappa shape index (κ2) is 6.48. The summed E-state index contributed by atoms with van der Waals surface area (Å²) in [6.45, 7) is 3.12. The van der Waals surface area contributed by atoms with Crippen molar-refractivity contribution < 1.29 is 23.0 Å². The van der Waals surface area contributed by atoms with Crippen molar-refractivity contribution in [3.05, 3.63) is 58.2 Å². The van der Waals surface area contributed by atoms with Crippen LogP contribution in [0.1, 0.15) is 25.3 Å². The van der Waals surface area contributed by atoms with Crippen LogP contribution in [0, 0.1) is 23.0 Å². The van der Waals surface area contributed by atoms with Crippen molar-refractivity contribution in [1.82, 2.24) is 0 Å². The second-order valence-electron chi connectivity index (χ2n) is 4.76. The first kappa shape index (κ1) is 16.5. The number of nitriles is 1. The molecule has 7 heteroatoms. The van der Waals surface area contributed by atoms with Crippen LogP contribution >= 0.6 is 0 Å². The number of allylic oxidation sites excluding steroid dienone is 2. The van der Waals surface area contributed by atoms with Gasteiger partial charge in [0.1, 0.15) is 17.4 Å². The lowest BCUT2D eigenvalue weighted by atomic mass is 9.83. The number of nitrogens with two attached hydrogens (primary N) is 1. The molecule has 2 rings (SSSR count). The fraction of sp³-hybridized carbons (Fsp3) is 0.250. The van der Waals surface area contributed by atoms with E-state index in [2.05, 4.69) is 0 Å². The fourth-order valence-electron chi connectivity index (χ4n) is 2.41. The Labute approximate surface area is 131 Å². The minimum atomic E-state index is -1.19. The van der Waals surface area contributed by atoms with Crippen molar-refractivity contribution in [3.63, 3.8) is 0 Å². The van der Waals surface area contributed by atoms with Crippen LogP contribution in [0.4, 0.5) is 8.78 Å². The maximum Gasteiger partial charge on any atom is 0.338 e. The molecule has 0 radical (unpaired) electrons. The van der Waals surface area contributed by atoms with E-state index in [0.717, 1.165) is 6.07 Å². The normalized spacial score (nSPS) is 17.6. The number of halogens is 2. The lowest BCUT2D eigenvalue weighted by molar-refractivity contribution is -0.139. The van der Waals surface area contributed by atoms with E-state index in [1.807, 2.05) is 0 Å². The molecule has 23 heavy (non-hydrogen) atoms. The SMILES string of the molecule is CCOC(=O)C1=C(C)OC(N)=C(C#N)C1c1cccc(F)c1F. The summed E-state index contributed by atoms with van der Waals surface area (Å²) in [4.78, 5) is 12.2. The van der Waals surface area contributed by atoms with Gasteiger partial charge in [0.15, 0.2) is 11.6 Å². The Morgan fingerprint density at radius 2 is 2.17 bits per heavy atom. The molecular weight excluding hydrogens is 306 g/mol. The van der Waals surface area contributed by atoms with Gasteiger partial charge in [-0.2, -0.15) is 5.26 Å². The number of nitrogens with zero attached hydrogens (tertiary/aromatic N) is 1. The summed E-state index contributed by atoms with van der Waals surface area (Å²) in [5, 5.41) is 9.31. The van der Waals surface area contributed by atoms with Gasteiger partial charge in [-0.05, 0) is 19.9 Å². The molecule has 1 atom stereocenters. The number of carbonyl (C=O) groups is 1. The molecule has 0 fully saturated rings. The number of rotatable bonds is 3. The molecule has 2 N–H and O–H groups in total. The van der Waals surface area contributed by atoms with E-state index in [0.29, 0.717) is 0 Å². The van der Waals surface area contributed by atoms with Gasteiger partial charge in [-0.1, -0.05) is 12.1 Å². The van der Waals surface area contributed by atoms with E-state index in [9.17, 15) is 18.8 Å². The highest BCUT2D eigenvalue weighted by Gasteiger charge is 2.38. The zero-order valence-corrected chi connectivity index (χ0v) is 12.5. The molecule has 1 aliphatic rings. The maximum absolute atomic E-state index is 14.2. The number of hydrogen-bond acceptors (Lipinski definition) is 5. The summed E-state index contributed by atoms with van der Waals surface area (Å²) >= 11 is 0. The van der Waals surface area contributed by atoms with Crippen LogP contribution in [0.15, 0.2) is 41.0 Å². The monoisotopic (exact) mass is 320 g/mol. The molecule has 1 aliphatic heterocycles. The number of hydrogen-bond donors (Lipinski definition) is 1. The number of esters is 1. The number of ether oxygens (including phenoxy) is 2. The van der Waals surface area contributed by atoms with Crippen molar-refractivity contribution in [1.29, 1.82) is 5.26 Å². The highest BCUT2D eigenvalue weighted by molar-refractivity contribution is 5.92. The molecular formula is C16H14F2N2O3. The third-order valence-electron chi connectivity index (χ3n) is 3.39. The van der Waals surface area contributed by atoms with Gasteiger partial charge >= 0.3 is 5.97 Å². The van der Waals surface area contributed by atoms with Gasteiger partial charge in [0.25, 0.3) is 0 Å². The zero-order valence-electron chi connectivity index (χ0n) is 12.5. The standard InChI is InChI=1S/C16H14F2N2O3/c1-3-22-16(21)12-8(2)23-15(20)10(7-19)13(12)9-5-4-6-11(17)14(9)18/h4-6,13H,3,20H2,1-2H3. The summed E-state index contributed by atoms with van der Waals surface area (Å²) in [6.07, 6.45) is 0. The van der Waals surface area contributed by atoms with Gasteiger partial charge in [-0.15, -0.1) is 0 Å². The van der Waals surface area contributed by atoms with Crippen molar-refractivity contribution in [2.24, 2.45) is 5.73 Å². The van der Waals surface area contributed by atoms with Crippen LogP contribution in [0.2, 0.25) is 0 Å². The van der Waals surface area contributed by atoms with E-state index >= 15 is 0 Å². The van der Waals surface area contributed by atoms with Crippen LogP contribution in [-0.2, 0) is 14.3 Å². The Morgan fingerprint density at radius 1 is 1.48 bits per heavy atom. The smallest absolute Gasteiger partial charge is 0.338 e. The molecule has 120 valence electrons. The topological polar surface area (TPSA) is 85.3 Å². The minimum absolute atomic E-state index is 0.0774. The highest BCUT2D eigenvalue weighted by Crippen LogP contribution is 2.40. The quantitative estimate of drug-likeness (QED) is 0.865. The largest absolute Gasteiger partial charge is 0.463 e. The fourth-order valence-corrected chi connectivity index (χ4v) is 2.41. The van der Waals surface area contributed by atoms with Crippen molar-refractivity contribution in [2.75, 3.05) is 6.61 Å². The van der Waals surface area contributed by atoms with E-state index in [1.165, 1.54) is 19.1 Å². The molecule has 0 aliphatic carbocycles. The maximum atomic E-state index is 14.2. The molecule has 0 amide bonds. The van der Waals surface area contributed by atoms with Crippen molar-refractivity contribution in [3.8, 4) is 6.07 Å². The molecule has 1 heterocycles. The Kier molecular flexibility index (Phi) is 4.65. The summed E-state index contributed by atoms with van der Waals surface area (Å²) < 4.78 is 37.9. The molecule has 0 saturated carbocycles. The van der Waals surface area contributed by atoms with Crippen LogP contribution in [0.3, 0.4) is 0 Å². The van der Waals surface area contributed by atoms with Crippen molar-refractivity contribution in [2.45, 2.75) is 19.8 Å². The molecule has 5 nitrogen and oxygen atoms in total. The lowest BCUT2D eigenvalue weighted by Gasteiger charge is -2.27. The van der Waals surface area contributed by atoms with E-state index in [1.54, 1.807) is 13.0 Å². The Hall–Kier alpha value is -2.88. The van der Waals surface area contributed by atoms with Crippen LogP contribution in [-0.4, -0.2) is 12.6 Å². The molecule has 0 bridgehead atoms. The van der Waals surface area contributed by atoms with E-state index < -0.39 is 23.5 Å². The summed E-state index contributed by atoms with van der Waals surface area (Å²) in [5.74, 6) is -4.40. The van der Waals surface area contributed by atoms with Crippen LogP contribution in [0.25, 0.3) is 0 Å². The van der Waals surface area contributed by atoms with Gasteiger partial charge < -0.3 is 15.2 Å². The van der Waals surface area contributed by atoms with Crippen LogP contribution in [0.5, 0.6) is 0 Å². The van der Waals surface area contributed by atoms with E-state index in [-0.39, 0.29) is 35.0 Å². The predicted octanol–water partition coefficient (Wildman–Crippen LogP) is 2.61. The average Bonchev–Trinajstić information content (AvgIpc) is 2.49. The van der Waals surface area contributed by atoms with Gasteiger partial charge in [-0.3, -0.25) is 0 Å². The van der Waals surface area contributed by atoms with E-state index in [4.69, 9.17) is 15.2 Å². The predicted molar refractivity (Wildman–Crippen MR) is 76.3 cm³/mol. The summed E-state index contributed by atoms with van der Waals surface area (Å²) in [5.41, 5.74) is 5.22. The molecule has 1 aromatic carbocycles. The van der Waals surface area contributed by atoms with Gasteiger partial charge in [0.2, 0.25) is 5.88 Å². The third-order valence-corrected chi connectivity index (χ3v) is 3.39. The number of benzene rings is 1. The molecule has 0 spiro atoms. The first-order valence-electron chi connectivity index (χ1n) is 6.81. The van der Waals surface area contributed by atoms with Crippen LogP contribution < -0.4 is 5.73 Å². The van der Waals surface area contributed by atoms with Gasteiger partial charge in [-0.25, -0.2) is 13.6 Å². The first-order chi connectivity index (χ1) is 10.9. The molecule has 0 saturated heterocycles.